The Hall–Kier alpha value is -2.50. The number of nitrogens with two attached hydrogens (primary N) is 1. The first-order valence-corrected chi connectivity index (χ1v) is 6.25. The van der Waals surface area contributed by atoms with Gasteiger partial charge in [-0.05, 0) is 45.0 Å². The second-order valence-corrected chi connectivity index (χ2v) is 5.35. The summed E-state index contributed by atoms with van der Waals surface area (Å²) in [6.45, 7) is 5.43. The van der Waals surface area contributed by atoms with Crippen LogP contribution in [0.25, 0.3) is 5.69 Å². The molecule has 1 amide bonds. The second kappa shape index (κ2) is 5.24. The van der Waals surface area contributed by atoms with Crippen LogP contribution < -0.4 is 11.1 Å². The van der Waals surface area contributed by atoms with E-state index in [1.165, 1.54) is 0 Å². The lowest BCUT2D eigenvalue weighted by Crippen LogP contribution is -2.27. The molecule has 6 heteroatoms. The summed E-state index contributed by atoms with van der Waals surface area (Å²) in [4.78, 5) is 11.7. The molecule has 0 radical (unpaired) electrons. The van der Waals surface area contributed by atoms with Crippen molar-refractivity contribution in [3.8, 4) is 5.69 Å². The number of nitrogens with zero attached hydrogens (tertiary/aromatic N) is 2. The average molecular weight is 274 g/mol. The third kappa shape index (κ3) is 3.50. The lowest BCUT2D eigenvalue weighted by Gasteiger charge is -2.20. The lowest BCUT2D eigenvalue weighted by atomic mass is 10.2. The standard InChI is InChI=1S/C14H18N4O2/c1-14(2,3)20-13(19)17-10-5-6-11(15)12(9-10)18-8-4-7-16-18/h4-9H,15H2,1-3H3,(H,17,19). The maximum Gasteiger partial charge on any atom is 0.412 e. The van der Waals surface area contributed by atoms with E-state index >= 15 is 0 Å². The van der Waals surface area contributed by atoms with Gasteiger partial charge in [-0.25, -0.2) is 9.48 Å². The van der Waals surface area contributed by atoms with Crippen molar-refractivity contribution >= 4 is 17.5 Å². The number of amides is 1. The van der Waals surface area contributed by atoms with Gasteiger partial charge in [0.25, 0.3) is 0 Å². The minimum atomic E-state index is -0.539. The number of anilines is 2. The molecule has 6 nitrogen and oxygen atoms in total. The van der Waals surface area contributed by atoms with Gasteiger partial charge >= 0.3 is 6.09 Å². The SMILES string of the molecule is CC(C)(C)OC(=O)Nc1ccc(N)c(-n2cccn2)c1. The van der Waals surface area contributed by atoms with Crippen molar-refractivity contribution in [2.24, 2.45) is 0 Å². The Balaban J connectivity index is 2.18. The summed E-state index contributed by atoms with van der Waals surface area (Å²) in [6, 6.07) is 6.97. The van der Waals surface area contributed by atoms with Crippen LogP contribution >= 0.6 is 0 Å². The van der Waals surface area contributed by atoms with Crippen molar-refractivity contribution in [3.63, 3.8) is 0 Å². The summed E-state index contributed by atoms with van der Waals surface area (Å²) in [5, 5.41) is 6.79. The van der Waals surface area contributed by atoms with Crippen molar-refractivity contribution in [1.82, 2.24) is 9.78 Å². The van der Waals surface area contributed by atoms with E-state index in [0.29, 0.717) is 17.1 Å². The van der Waals surface area contributed by atoms with Gasteiger partial charge in [0, 0.05) is 18.1 Å². The molecule has 1 aromatic heterocycles. The number of ether oxygens (including phenoxy) is 1. The first-order valence-electron chi connectivity index (χ1n) is 6.25. The third-order valence-corrected chi connectivity index (χ3v) is 2.43. The molecule has 0 fully saturated rings. The molecule has 0 bridgehead atoms. The fourth-order valence-corrected chi connectivity index (χ4v) is 1.65. The maximum atomic E-state index is 11.7. The predicted octanol–water partition coefficient (Wildman–Crippen LogP) is 2.80. The number of carbonyl (C=O) groups excluding carboxylic acids is 1. The van der Waals surface area contributed by atoms with Gasteiger partial charge in [-0.1, -0.05) is 0 Å². The first kappa shape index (κ1) is 13.9. The Labute approximate surface area is 117 Å². The molecular weight excluding hydrogens is 256 g/mol. The molecule has 3 N–H and O–H groups in total. The van der Waals surface area contributed by atoms with E-state index in [1.54, 1.807) is 41.3 Å². The van der Waals surface area contributed by atoms with Crippen LogP contribution in [0, 0.1) is 0 Å². The second-order valence-electron chi connectivity index (χ2n) is 5.35. The molecule has 2 aromatic rings. The molecule has 1 aromatic carbocycles. The van der Waals surface area contributed by atoms with E-state index in [1.807, 2.05) is 20.8 Å². The van der Waals surface area contributed by atoms with E-state index in [4.69, 9.17) is 10.5 Å². The zero-order chi connectivity index (χ0) is 14.8. The van der Waals surface area contributed by atoms with Gasteiger partial charge in [-0.15, -0.1) is 0 Å². The maximum absolute atomic E-state index is 11.7. The molecule has 0 saturated carbocycles. The molecule has 0 aliphatic heterocycles. The van der Waals surface area contributed by atoms with E-state index in [-0.39, 0.29) is 0 Å². The molecule has 0 atom stereocenters. The van der Waals surface area contributed by atoms with Crippen molar-refractivity contribution in [2.75, 3.05) is 11.1 Å². The fourth-order valence-electron chi connectivity index (χ4n) is 1.65. The molecule has 1 heterocycles. The first-order chi connectivity index (χ1) is 9.35. The summed E-state index contributed by atoms with van der Waals surface area (Å²) >= 11 is 0. The Morgan fingerprint density at radius 3 is 2.75 bits per heavy atom. The lowest BCUT2D eigenvalue weighted by molar-refractivity contribution is 0.0636. The summed E-state index contributed by atoms with van der Waals surface area (Å²) in [6.07, 6.45) is 2.93. The highest BCUT2D eigenvalue weighted by atomic mass is 16.6. The van der Waals surface area contributed by atoms with Gasteiger partial charge in [-0.3, -0.25) is 5.32 Å². The number of benzene rings is 1. The third-order valence-electron chi connectivity index (χ3n) is 2.43. The number of hydrogen-bond acceptors (Lipinski definition) is 4. The number of nitrogen functional groups attached to an aromatic ring is 1. The van der Waals surface area contributed by atoms with Crippen LogP contribution in [0.4, 0.5) is 16.2 Å². The van der Waals surface area contributed by atoms with Crippen molar-refractivity contribution < 1.29 is 9.53 Å². The van der Waals surface area contributed by atoms with Gasteiger partial charge in [0.15, 0.2) is 0 Å². The van der Waals surface area contributed by atoms with Crippen LogP contribution in [0.3, 0.4) is 0 Å². The number of nitrogens with one attached hydrogen (secondary N) is 1. The summed E-state index contributed by atoms with van der Waals surface area (Å²) in [5.41, 5.74) is 7.24. The molecule has 0 spiro atoms. The van der Waals surface area contributed by atoms with E-state index < -0.39 is 11.7 Å². The van der Waals surface area contributed by atoms with E-state index in [2.05, 4.69) is 10.4 Å². The van der Waals surface area contributed by atoms with Crippen LogP contribution in [-0.2, 0) is 4.74 Å². The van der Waals surface area contributed by atoms with Crippen LogP contribution in [0.5, 0.6) is 0 Å². The van der Waals surface area contributed by atoms with Crippen LogP contribution in [0.2, 0.25) is 0 Å². The fraction of sp³-hybridized carbons (Fsp3) is 0.286. The number of hydrogen-bond donors (Lipinski definition) is 2. The van der Waals surface area contributed by atoms with E-state index in [0.717, 1.165) is 0 Å². The summed E-state index contributed by atoms with van der Waals surface area (Å²) in [5.74, 6) is 0. The van der Waals surface area contributed by atoms with Crippen molar-refractivity contribution in [3.05, 3.63) is 36.7 Å². The molecule has 0 aliphatic carbocycles. The molecule has 20 heavy (non-hydrogen) atoms. The number of carbonyl (C=O) groups is 1. The normalized spacial score (nSPS) is 11.2. The average Bonchev–Trinajstić information content (AvgIpc) is 2.82. The molecule has 0 aliphatic rings. The predicted molar refractivity (Wildman–Crippen MR) is 77.8 cm³/mol. The number of aromatic nitrogens is 2. The van der Waals surface area contributed by atoms with Gasteiger partial charge < -0.3 is 10.5 Å². The van der Waals surface area contributed by atoms with Crippen molar-refractivity contribution in [2.45, 2.75) is 26.4 Å². The van der Waals surface area contributed by atoms with Gasteiger partial charge in [-0.2, -0.15) is 5.10 Å². The Morgan fingerprint density at radius 2 is 2.15 bits per heavy atom. The zero-order valence-electron chi connectivity index (χ0n) is 11.8. The topological polar surface area (TPSA) is 82.2 Å². The molecule has 0 unspecified atom stereocenters. The minimum Gasteiger partial charge on any atom is -0.444 e. The Kier molecular flexibility index (Phi) is 3.65. The molecular formula is C14H18N4O2. The minimum absolute atomic E-state index is 0.506. The monoisotopic (exact) mass is 274 g/mol. The number of rotatable bonds is 2. The quantitative estimate of drug-likeness (QED) is 0.825. The summed E-state index contributed by atoms with van der Waals surface area (Å²) < 4.78 is 6.83. The van der Waals surface area contributed by atoms with Crippen LogP contribution in [0.1, 0.15) is 20.8 Å². The molecule has 106 valence electrons. The molecule has 0 saturated heterocycles. The largest absolute Gasteiger partial charge is 0.444 e. The highest BCUT2D eigenvalue weighted by Gasteiger charge is 2.16. The van der Waals surface area contributed by atoms with Crippen LogP contribution in [-0.4, -0.2) is 21.5 Å². The van der Waals surface area contributed by atoms with Crippen molar-refractivity contribution in [1.29, 1.82) is 0 Å². The smallest absolute Gasteiger partial charge is 0.412 e. The van der Waals surface area contributed by atoms with Crippen LogP contribution in [0.15, 0.2) is 36.7 Å². The Morgan fingerprint density at radius 1 is 1.40 bits per heavy atom. The highest BCUT2D eigenvalue weighted by Crippen LogP contribution is 2.21. The summed E-state index contributed by atoms with van der Waals surface area (Å²) in [7, 11) is 0. The van der Waals surface area contributed by atoms with Gasteiger partial charge in [0.1, 0.15) is 5.60 Å². The van der Waals surface area contributed by atoms with Gasteiger partial charge in [0.2, 0.25) is 0 Å². The molecule has 2 rings (SSSR count). The van der Waals surface area contributed by atoms with Gasteiger partial charge in [0.05, 0.1) is 11.4 Å². The highest BCUT2D eigenvalue weighted by molar-refractivity contribution is 5.86. The Bertz CT molecular complexity index is 600. The van der Waals surface area contributed by atoms with E-state index in [9.17, 15) is 4.79 Å². The zero-order valence-corrected chi connectivity index (χ0v) is 11.8.